The van der Waals surface area contributed by atoms with Gasteiger partial charge >= 0.3 is 5.97 Å². The zero-order valence-corrected chi connectivity index (χ0v) is 24.1. The molecule has 5 aromatic rings. The lowest BCUT2D eigenvalue weighted by Gasteiger charge is -2.14. The monoisotopic (exact) mass is 583 g/mol. The number of benzene rings is 3. The van der Waals surface area contributed by atoms with Crippen LogP contribution in [-0.2, 0) is 14.9 Å². The summed E-state index contributed by atoms with van der Waals surface area (Å²) in [6.07, 6.45) is 1.67. The normalized spacial score (nSPS) is 13.6. The van der Waals surface area contributed by atoms with Crippen molar-refractivity contribution in [2.75, 3.05) is 11.9 Å². The number of anilines is 2. The van der Waals surface area contributed by atoms with E-state index < -0.39 is 5.41 Å². The number of halogens is 2. The van der Waals surface area contributed by atoms with Crippen molar-refractivity contribution < 1.29 is 14.1 Å². The molecule has 0 amide bonds. The number of esters is 1. The van der Waals surface area contributed by atoms with E-state index >= 15 is 0 Å². The van der Waals surface area contributed by atoms with Gasteiger partial charge in [-0.25, -0.2) is 4.98 Å². The molecular weight excluding hydrogens is 557 g/mol. The SMILES string of the molecule is CCOC(=O)C1(c2ccc(-c3ccc(-c4onc(C)c4Nc4cccc(-c5cccc(Cl)c5Cl)n4)cc3)cc2)CC1. The van der Waals surface area contributed by atoms with Crippen LogP contribution in [0.3, 0.4) is 0 Å². The molecule has 0 saturated heterocycles. The van der Waals surface area contributed by atoms with Gasteiger partial charge in [-0.1, -0.05) is 95.1 Å². The molecule has 2 aromatic heterocycles. The molecule has 0 spiro atoms. The van der Waals surface area contributed by atoms with Crippen molar-refractivity contribution in [2.24, 2.45) is 0 Å². The summed E-state index contributed by atoms with van der Waals surface area (Å²) in [4.78, 5) is 17.2. The van der Waals surface area contributed by atoms with E-state index in [0.29, 0.717) is 39.6 Å². The summed E-state index contributed by atoms with van der Waals surface area (Å²) in [6, 6.07) is 27.4. The Morgan fingerprint density at radius 1 is 0.927 bits per heavy atom. The Morgan fingerprint density at radius 3 is 2.27 bits per heavy atom. The van der Waals surface area contributed by atoms with Crippen molar-refractivity contribution in [3.8, 4) is 33.7 Å². The van der Waals surface area contributed by atoms with Crippen LogP contribution in [0.4, 0.5) is 11.5 Å². The Bertz CT molecular complexity index is 1730. The molecule has 0 bridgehead atoms. The van der Waals surface area contributed by atoms with Crippen molar-refractivity contribution in [2.45, 2.75) is 32.1 Å². The smallest absolute Gasteiger partial charge is 0.316 e. The zero-order chi connectivity index (χ0) is 28.6. The van der Waals surface area contributed by atoms with Crippen LogP contribution in [0, 0.1) is 6.92 Å². The van der Waals surface area contributed by atoms with Crippen LogP contribution in [0.1, 0.15) is 31.0 Å². The van der Waals surface area contributed by atoms with Gasteiger partial charge in [0, 0.05) is 11.1 Å². The lowest BCUT2D eigenvalue weighted by atomic mass is 9.93. The highest BCUT2D eigenvalue weighted by atomic mass is 35.5. The third-order valence-corrected chi connectivity index (χ3v) is 8.25. The molecule has 1 aliphatic rings. The van der Waals surface area contributed by atoms with E-state index in [1.807, 2.05) is 80.6 Å². The average molecular weight is 585 g/mol. The number of carbonyl (C=O) groups is 1. The predicted molar refractivity (Wildman–Crippen MR) is 163 cm³/mol. The molecule has 1 N–H and O–H groups in total. The molecule has 1 aliphatic carbocycles. The van der Waals surface area contributed by atoms with E-state index in [9.17, 15) is 4.79 Å². The number of hydrogen-bond acceptors (Lipinski definition) is 6. The number of hydrogen-bond donors (Lipinski definition) is 1. The van der Waals surface area contributed by atoms with Crippen molar-refractivity contribution >= 4 is 40.7 Å². The molecule has 8 heteroatoms. The molecule has 3 aromatic carbocycles. The van der Waals surface area contributed by atoms with E-state index in [4.69, 9.17) is 37.4 Å². The Kier molecular flexibility index (Phi) is 7.28. The predicted octanol–water partition coefficient (Wildman–Crippen LogP) is 9.02. The molecule has 41 heavy (non-hydrogen) atoms. The lowest BCUT2D eigenvalue weighted by Crippen LogP contribution is -2.23. The number of carbonyl (C=O) groups excluding carboxylic acids is 1. The topological polar surface area (TPSA) is 77.2 Å². The first-order chi connectivity index (χ1) is 19.9. The fourth-order valence-corrected chi connectivity index (χ4v) is 5.40. The van der Waals surface area contributed by atoms with Gasteiger partial charge in [0.2, 0.25) is 0 Å². The van der Waals surface area contributed by atoms with Gasteiger partial charge in [-0.2, -0.15) is 0 Å². The minimum Gasteiger partial charge on any atom is -0.465 e. The first-order valence-corrected chi connectivity index (χ1v) is 14.2. The number of pyridine rings is 1. The average Bonchev–Trinajstić information content (AvgIpc) is 3.74. The summed E-state index contributed by atoms with van der Waals surface area (Å²) in [5.41, 5.74) is 6.43. The van der Waals surface area contributed by atoms with Gasteiger partial charge in [0.1, 0.15) is 17.2 Å². The molecule has 6 rings (SSSR count). The standard InChI is InChI=1S/C33H27Cl2N3O3/c1-3-40-32(39)33(18-19-33)24-16-14-22(15-17-24)21-10-12-23(13-11-21)31-30(20(2)38-41-31)37-28-9-5-8-27(36-28)25-6-4-7-26(34)29(25)35/h4-17H,3,18-19H2,1-2H3,(H,36,37). The molecule has 2 heterocycles. The summed E-state index contributed by atoms with van der Waals surface area (Å²) < 4.78 is 11.0. The number of rotatable bonds is 8. The summed E-state index contributed by atoms with van der Waals surface area (Å²) in [7, 11) is 0. The van der Waals surface area contributed by atoms with E-state index in [2.05, 4.69) is 22.6 Å². The third kappa shape index (κ3) is 5.21. The molecule has 1 saturated carbocycles. The lowest BCUT2D eigenvalue weighted by molar-refractivity contribution is -0.146. The quantitative estimate of drug-likeness (QED) is 0.183. The Hall–Kier alpha value is -4.13. The first kappa shape index (κ1) is 27.1. The fraction of sp³-hybridized carbons (Fsp3) is 0.182. The molecule has 0 aliphatic heterocycles. The minimum absolute atomic E-state index is 0.126. The van der Waals surface area contributed by atoms with Crippen molar-refractivity contribution in [1.82, 2.24) is 10.1 Å². The van der Waals surface area contributed by atoms with Crippen LogP contribution in [0.25, 0.3) is 33.7 Å². The van der Waals surface area contributed by atoms with Crippen molar-refractivity contribution in [3.05, 3.63) is 106 Å². The Balaban J connectivity index is 1.22. The molecule has 0 radical (unpaired) electrons. The summed E-state index contributed by atoms with van der Waals surface area (Å²) in [5.74, 6) is 1.11. The molecule has 206 valence electrons. The van der Waals surface area contributed by atoms with Crippen molar-refractivity contribution in [3.63, 3.8) is 0 Å². The van der Waals surface area contributed by atoms with Crippen LogP contribution in [-0.4, -0.2) is 22.7 Å². The van der Waals surface area contributed by atoms with E-state index in [0.717, 1.165) is 46.3 Å². The Labute approximate surface area is 248 Å². The van der Waals surface area contributed by atoms with Crippen LogP contribution >= 0.6 is 23.2 Å². The number of aryl methyl sites for hydroxylation is 1. The van der Waals surface area contributed by atoms with Gasteiger partial charge in [-0.05, 0) is 61.6 Å². The highest BCUT2D eigenvalue weighted by Gasteiger charge is 2.52. The van der Waals surface area contributed by atoms with Crippen molar-refractivity contribution in [1.29, 1.82) is 0 Å². The zero-order valence-electron chi connectivity index (χ0n) is 22.6. The number of aromatic nitrogens is 2. The second-order valence-electron chi connectivity index (χ2n) is 10.1. The molecule has 1 fully saturated rings. The summed E-state index contributed by atoms with van der Waals surface area (Å²) in [5, 5.41) is 8.51. The highest BCUT2D eigenvalue weighted by molar-refractivity contribution is 6.43. The van der Waals surface area contributed by atoms with E-state index in [1.165, 1.54) is 0 Å². The van der Waals surface area contributed by atoms with E-state index in [1.54, 1.807) is 6.07 Å². The number of nitrogens with one attached hydrogen (secondary N) is 1. The maximum Gasteiger partial charge on any atom is 0.316 e. The maximum absolute atomic E-state index is 12.5. The van der Waals surface area contributed by atoms with E-state index in [-0.39, 0.29) is 5.97 Å². The van der Waals surface area contributed by atoms with Gasteiger partial charge in [-0.3, -0.25) is 4.79 Å². The van der Waals surface area contributed by atoms with Gasteiger partial charge in [-0.15, -0.1) is 0 Å². The second-order valence-corrected chi connectivity index (χ2v) is 10.8. The second kappa shape index (κ2) is 11.0. The van der Waals surface area contributed by atoms with Gasteiger partial charge < -0.3 is 14.6 Å². The highest BCUT2D eigenvalue weighted by Crippen LogP contribution is 2.49. The molecule has 6 nitrogen and oxygen atoms in total. The van der Waals surface area contributed by atoms with Crippen LogP contribution in [0.15, 0.2) is 89.5 Å². The van der Waals surface area contributed by atoms with Crippen LogP contribution in [0.5, 0.6) is 0 Å². The molecule has 0 unspecified atom stereocenters. The fourth-order valence-electron chi connectivity index (χ4n) is 5.00. The minimum atomic E-state index is -0.472. The van der Waals surface area contributed by atoms with Gasteiger partial charge in [0.25, 0.3) is 0 Å². The van der Waals surface area contributed by atoms with Crippen LogP contribution < -0.4 is 5.32 Å². The third-order valence-electron chi connectivity index (χ3n) is 7.43. The number of ether oxygens (including phenoxy) is 1. The Morgan fingerprint density at radius 2 is 1.59 bits per heavy atom. The molecule has 0 atom stereocenters. The summed E-state index contributed by atoms with van der Waals surface area (Å²) >= 11 is 12.6. The first-order valence-electron chi connectivity index (χ1n) is 13.4. The molecular formula is C33H27Cl2N3O3. The maximum atomic E-state index is 12.5. The van der Waals surface area contributed by atoms with Gasteiger partial charge in [0.15, 0.2) is 5.76 Å². The summed E-state index contributed by atoms with van der Waals surface area (Å²) in [6.45, 7) is 4.12. The van der Waals surface area contributed by atoms with Gasteiger partial charge in [0.05, 0.1) is 27.8 Å². The van der Waals surface area contributed by atoms with Crippen LogP contribution in [0.2, 0.25) is 10.0 Å². The largest absolute Gasteiger partial charge is 0.465 e. The number of nitrogens with zero attached hydrogens (tertiary/aromatic N) is 2.